The lowest BCUT2D eigenvalue weighted by Crippen LogP contribution is -2.29. The summed E-state index contributed by atoms with van der Waals surface area (Å²) in [6.45, 7) is 12.7. The fourth-order valence-corrected chi connectivity index (χ4v) is 8.40. The van der Waals surface area contributed by atoms with E-state index in [9.17, 15) is 14.7 Å². The van der Waals surface area contributed by atoms with Crippen molar-refractivity contribution in [3.8, 4) is 0 Å². The largest absolute Gasteiger partial charge is 0.465 e. The van der Waals surface area contributed by atoms with E-state index in [1.54, 1.807) is 0 Å². The number of unbranched alkanes of at least 4 members (excludes halogenated alkanes) is 28. The molecular formula is C52H103NO5. The molecule has 0 aromatic rings. The maximum atomic E-state index is 13.0. The Labute approximate surface area is 362 Å². The fraction of sp³-hybridized carbons (Fsp3) is 0.962. The third kappa shape index (κ3) is 40.3. The zero-order valence-electron chi connectivity index (χ0n) is 39.8. The van der Waals surface area contributed by atoms with Gasteiger partial charge >= 0.3 is 11.9 Å². The highest BCUT2D eigenvalue weighted by Crippen LogP contribution is 2.22. The van der Waals surface area contributed by atoms with Crippen LogP contribution in [0, 0.1) is 5.92 Å². The van der Waals surface area contributed by atoms with Crippen molar-refractivity contribution in [2.75, 3.05) is 32.8 Å². The summed E-state index contributed by atoms with van der Waals surface area (Å²) in [5.74, 6) is 0.171. The van der Waals surface area contributed by atoms with E-state index in [1.165, 1.54) is 161 Å². The summed E-state index contributed by atoms with van der Waals surface area (Å²) in [6.07, 6.45) is 46.5. The molecule has 0 unspecified atom stereocenters. The van der Waals surface area contributed by atoms with Crippen molar-refractivity contribution in [3.63, 3.8) is 0 Å². The minimum atomic E-state index is 0.0170. The van der Waals surface area contributed by atoms with E-state index in [0.717, 1.165) is 103 Å². The maximum Gasteiger partial charge on any atom is 0.308 e. The Bertz CT molecular complexity index is 805. The molecule has 0 rings (SSSR count). The summed E-state index contributed by atoms with van der Waals surface area (Å²) in [4.78, 5) is 28.2. The van der Waals surface area contributed by atoms with E-state index in [2.05, 4.69) is 32.6 Å². The van der Waals surface area contributed by atoms with E-state index in [1.807, 2.05) is 0 Å². The molecule has 0 saturated carbocycles. The van der Waals surface area contributed by atoms with Crippen molar-refractivity contribution < 1.29 is 24.2 Å². The van der Waals surface area contributed by atoms with Gasteiger partial charge < -0.3 is 19.5 Å². The lowest BCUT2D eigenvalue weighted by Gasteiger charge is -2.21. The van der Waals surface area contributed by atoms with Gasteiger partial charge in [-0.25, -0.2) is 0 Å². The van der Waals surface area contributed by atoms with Gasteiger partial charge in [-0.15, -0.1) is 0 Å². The third-order valence-electron chi connectivity index (χ3n) is 12.3. The molecule has 0 aromatic carbocycles. The van der Waals surface area contributed by atoms with Crippen molar-refractivity contribution in [1.29, 1.82) is 0 Å². The average Bonchev–Trinajstić information content (AvgIpc) is 3.22. The van der Waals surface area contributed by atoms with Crippen molar-refractivity contribution in [3.05, 3.63) is 0 Å². The summed E-state index contributed by atoms with van der Waals surface area (Å²) in [5, 5.41) is 9.65. The van der Waals surface area contributed by atoms with Gasteiger partial charge in [-0.2, -0.15) is 0 Å². The summed E-state index contributed by atoms with van der Waals surface area (Å²) < 4.78 is 11.9. The number of esters is 2. The molecule has 0 aliphatic heterocycles. The second-order valence-electron chi connectivity index (χ2n) is 18.1. The Morgan fingerprint density at radius 3 is 1.22 bits per heavy atom. The summed E-state index contributed by atoms with van der Waals surface area (Å²) in [5.41, 5.74) is 0. The van der Waals surface area contributed by atoms with Gasteiger partial charge in [0.1, 0.15) is 6.10 Å². The maximum absolute atomic E-state index is 13.0. The number of hydrogen-bond donors (Lipinski definition) is 1. The molecule has 346 valence electrons. The number of carbonyl (C=O) groups is 2. The van der Waals surface area contributed by atoms with Crippen LogP contribution in [0.4, 0.5) is 0 Å². The standard InChI is InChI=1S/C52H103NO5/c1-5-9-13-17-23-31-39-49(40-32-24-18-14-10-6-2)52(56)57-48-38-30-22-29-37-45-53(46-47-54)44-36-28-21-27-35-43-51(55)58-50(41-33-25-19-15-11-7-3)42-34-26-20-16-12-8-4/h49-50,54H,5-48H2,1-4H3. The van der Waals surface area contributed by atoms with E-state index in [0.29, 0.717) is 13.0 Å². The first-order valence-corrected chi connectivity index (χ1v) is 26.2. The highest BCUT2D eigenvalue weighted by Gasteiger charge is 2.19. The van der Waals surface area contributed by atoms with Gasteiger partial charge in [0.05, 0.1) is 19.1 Å². The van der Waals surface area contributed by atoms with Crippen molar-refractivity contribution >= 4 is 11.9 Å². The molecule has 0 radical (unpaired) electrons. The van der Waals surface area contributed by atoms with E-state index < -0.39 is 0 Å². The number of hydrogen-bond acceptors (Lipinski definition) is 6. The summed E-state index contributed by atoms with van der Waals surface area (Å²) in [7, 11) is 0. The Kier molecular flexibility index (Phi) is 46.0. The Hall–Kier alpha value is -1.14. The molecule has 6 nitrogen and oxygen atoms in total. The van der Waals surface area contributed by atoms with Crippen LogP contribution in [-0.4, -0.2) is 60.9 Å². The lowest BCUT2D eigenvalue weighted by molar-refractivity contribution is -0.150. The molecule has 0 aliphatic rings. The number of ether oxygens (including phenoxy) is 2. The van der Waals surface area contributed by atoms with Crippen LogP contribution in [-0.2, 0) is 19.1 Å². The van der Waals surface area contributed by atoms with Crippen molar-refractivity contribution in [2.24, 2.45) is 5.92 Å². The highest BCUT2D eigenvalue weighted by molar-refractivity contribution is 5.72. The van der Waals surface area contributed by atoms with Crippen molar-refractivity contribution in [2.45, 2.75) is 284 Å². The first-order valence-electron chi connectivity index (χ1n) is 26.2. The van der Waals surface area contributed by atoms with Gasteiger partial charge in [-0.1, -0.05) is 207 Å². The van der Waals surface area contributed by atoms with Gasteiger partial charge in [-0.05, 0) is 77.3 Å². The lowest BCUT2D eigenvalue weighted by atomic mass is 9.94. The van der Waals surface area contributed by atoms with Crippen LogP contribution in [0.15, 0.2) is 0 Å². The van der Waals surface area contributed by atoms with Crippen LogP contribution in [0.3, 0.4) is 0 Å². The molecule has 0 saturated heterocycles. The second-order valence-corrected chi connectivity index (χ2v) is 18.1. The van der Waals surface area contributed by atoms with Crippen LogP contribution >= 0.6 is 0 Å². The normalized spacial score (nSPS) is 11.7. The van der Waals surface area contributed by atoms with Crippen LogP contribution < -0.4 is 0 Å². The molecule has 0 heterocycles. The van der Waals surface area contributed by atoms with Crippen LogP contribution in [0.2, 0.25) is 0 Å². The third-order valence-corrected chi connectivity index (χ3v) is 12.3. The number of rotatable bonds is 48. The summed E-state index contributed by atoms with van der Waals surface area (Å²) in [6, 6.07) is 0. The number of aliphatic hydroxyl groups is 1. The van der Waals surface area contributed by atoms with Gasteiger partial charge in [0.15, 0.2) is 0 Å². The van der Waals surface area contributed by atoms with Crippen LogP contribution in [0.5, 0.6) is 0 Å². The van der Waals surface area contributed by atoms with E-state index in [-0.39, 0.29) is 30.6 Å². The molecule has 1 N–H and O–H groups in total. The Morgan fingerprint density at radius 2 is 0.793 bits per heavy atom. The molecule has 0 fully saturated rings. The zero-order chi connectivity index (χ0) is 42.4. The number of carbonyl (C=O) groups excluding carboxylic acids is 2. The molecule has 0 spiro atoms. The monoisotopic (exact) mass is 822 g/mol. The molecule has 0 aliphatic carbocycles. The van der Waals surface area contributed by atoms with Gasteiger partial charge in [-0.3, -0.25) is 9.59 Å². The minimum absolute atomic E-state index is 0.0170. The predicted molar refractivity (Wildman–Crippen MR) is 251 cm³/mol. The average molecular weight is 822 g/mol. The highest BCUT2D eigenvalue weighted by atomic mass is 16.5. The van der Waals surface area contributed by atoms with E-state index >= 15 is 0 Å². The predicted octanol–water partition coefficient (Wildman–Crippen LogP) is 15.6. The minimum Gasteiger partial charge on any atom is -0.465 e. The van der Waals surface area contributed by atoms with E-state index in [4.69, 9.17) is 9.47 Å². The molecule has 6 heteroatoms. The van der Waals surface area contributed by atoms with Crippen LogP contribution in [0.25, 0.3) is 0 Å². The first kappa shape index (κ1) is 56.9. The first-order chi connectivity index (χ1) is 28.5. The molecule has 58 heavy (non-hydrogen) atoms. The Morgan fingerprint density at radius 1 is 0.431 bits per heavy atom. The zero-order valence-corrected chi connectivity index (χ0v) is 39.8. The summed E-state index contributed by atoms with van der Waals surface area (Å²) >= 11 is 0. The Balaban J connectivity index is 4.20. The second kappa shape index (κ2) is 46.9. The quantitative estimate of drug-likeness (QED) is 0.0487. The van der Waals surface area contributed by atoms with Gasteiger partial charge in [0, 0.05) is 13.0 Å². The fourth-order valence-electron chi connectivity index (χ4n) is 8.40. The number of aliphatic hydroxyl groups excluding tert-OH is 1. The van der Waals surface area contributed by atoms with Crippen LogP contribution in [0.1, 0.15) is 278 Å². The smallest absolute Gasteiger partial charge is 0.308 e. The topological polar surface area (TPSA) is 76.1 Å². The molecule has 0 atom stereocenters. The SMILES string of the molecule is CCCCCCCCC(CCCCCCCC)OC(=O)CCCCCCCN(CCO)CCCCCCCOC(=O)C(CCCCCCCC)CCCCCCCC. The van der Waals surface area contributed by atoms with Gasteiger partial charge in [0.2, 0.25) is 0 Å². The van der Waals surface area contributed by atoms with Gasteiger partial charge in [0.25, 0.3) is 0 Å². The molecule has 0 amide bonds. The molecule has 0 bridgehead atoms. The number of nitrogens with zero attached hydrogens (tertiary/aromatic N) is 1. The molecule has 0 aromatic heterocycles. The van der Waals surface area contributed by atoms with Crippen molar-refractivity contribution in [1.82, 2.24) is 4.90 Å². The molecular weight excluding hydrogens is 719 g/mol.